The molecule has 0 radical (unpaired) electrons. The molecule has 116 valence electrons. The highest BCUT2D eigenvalue weighted by Crippen LogP contribution is 2.25. The topological polar surface area (TPSA) is 64.6 Å². The molecule has 1 amide bonds. The Kier molecular flexibility index (Phi) is 4.35. The largest absolute Gasteiger partial charge is 0.456 e. The second kappa shape index (κ2) is 6.05. The molecule has 0 aliphatic carbocycles. The molecule has 0 atom stereocenters. The van der Waals surface area contributed by atoms with Crippen molar-refractivity contribution in [3.05, 3.63) is 42.0 Å². The van der Waals surface area contributed by atoms with Gasteiger partial charge in [0.2, 0.25) is 0 Å². The Morgan fingerprint density at radius 1 is 1.09 bits per heavy atom. The molecule has 2 rings (SSSR count). The molecule has 0 saturated heterocycles. The zero-order chi connectivity index (χ0) is 16.3. The zero-order valence-corrected chi connectivity index (χ0v) is 13.1. The van der Waals surface area contributed by atoms with Crippen molar-refractivity contribution in [1.82, 2.24) is 0 Å². The highest BCUT2D eigenvalue weighted by atomic mass is 16.6. The third-order valence-electron chi connectivity index (χ3n) is 2.94. The van der Waals surface area contributed by atoms with Gasteiger partial charge in [0.1, 0.15) is 5.60 Å². The van der Waals surface area contributed by atoms with Crippen molar-refractivity contribution in [2.75, 3.05) is 12.4 Å². The number of amides is 1. The van der Waals surface area contributed by atoms with Gasteiger partial charge in [0, 0.05) is 5.39 Å². The number of hydrogen-bond donors (Lipinski definition) is 1. The van der Waals surface area contributed by atoms with Crippen LogP contribution in [0.25, 0.3) is 10.8 Å². The summed E-state index contributed by atoms with van der Waals surface area (Å²) < 4.78 is 9.97. The maximum absolute atomic E-state index is 12.2. The Balaban J connectivity index is 2.41. The maximum Gasteiger partial charge on any atom is 0.411 e. The quantitative estimate of drug-likeness (QED) is 0.852. The number of methoxy groups -OCH3 is 1. The second-order valence-corrected chi connectivity index (χ2v) is 5.86. The number of rotatable bonds is 2. The van der Waals surface area contributed by atoms with Crippen LogP contribution in [0.15, 0.2) is 36.4 Å². The average Bonchev–Trinajstić information content (AvgIpc) is 2.45. The molecule has 5 heteroatoms. The molecule has 22 heavy (non-hydrogen) atoms. The first-order chi connectivity index (χ1) is 10.3. The van der Waals surface area contributed by atoms with Crippen LogP contribution in [0.3, 0.4) is 0 Å². The van der Waals surface area contributed by atoms with Gasteiger partial charge in [0.15, 0.2) is 0 Å². The van der Waals surface area contributed by atoms with Crippen molar-refractivity contribution in [3.8, 4) is 0 Å². The van der Waals surface area contributed by atoms with Crippen LogP contribution in [-0.4, -0.2) is 24.8 Å². The van der Waals surface area contributed by atoms with Crippen LogP contribution >= 0.6 is 0 Å². The van der Waals surface area contributed by atoms with Gasteiger partial charge in [-0.25, -0.2) is 9.59 Å². The fourth-order valence-corrected chi connectivity index (χ4v) is 2.01. The fraction of sp³-hybridized carbons (Fsp3) is 0.294. The van der Waals surface area contributed by atoms with E-state index in [0.717, 1.165) is 10.8 Å². The summed E-state index contributed by atoms with van der Waals surface area (Å²) >= 11 is 0. The van der Waals surface area contributed by atoms with Crippen LogP contribution in [0.4, 0.5) is 10.5 Å². The van der Waals surface area contributed by atoms with E-state index in [-0.39, 0.29) is 0 Å². The van der Waals surface area contributed by atoms with Crippen molar-refractivity contribution >= 4 is 28.5 Å². The summed E-state index contributed by atoms with van der Waals surface area (Å²) in [6, 6.07) is 10.7. The van der Waals surface area contributed by atoms with E-state index in [9.17, 15) is 9.59 Å². The first kappa shape index (κ1) is 15.8. The SMILES string of the molecule is COC(=O)Nc1cccc2ccc(C(=O)OC(C)(C)C)cc12. The summed E-state index contributed by atoms with van der Waals surface area (Å²) in [6.07, 6.45) is -0.560. The third kappa shape index (κ3) is 3.75. The molecule has 0 bridgehead atoms. The van der Waals surface area contributed by atoms with Gasteiger partial charge in [-0.3, -0.25) is 5.32 Å². The van der Waals surface area contributed by atoms with Crippen molar-refractivity contribution in [2.24, 2.45) is 0 Å². The fourth-order valence-electron chi connectivity index (χ4n) is 2.01. The number of ether oxygens (including phenoxy) is 2. The Hall–Kier alpha value is -2.56. The van der Waals surface area contributed by atoms with Crippen molar-refractivity contribution in [2.45, 2.75) is 26.4 Å². The molecular weight excluding hydrogens is 282 g/mol. The van der Waals surface area contributed by atoms with Gasteiger partial charge in [-0.05, 0) is 44.4 Å². The first-order valence-electron chi connectivity index (χ1n) is 6.91. The van der Waals surface area contributed by atoms with Gasteiger partial charge in [-0.1, -0.05) is 18.2 Å². The van der Waals surface area contributed by atoms with Gasteiger partial charge in [0.05, 0.1) is 18.4 Å². The third-order valence-corrected chi connectivity index (χ3v) is 2.94. The Bertz CT molecular complexity index is 716. The van der Waals surface area contributed by atoms with E-state index >= 15 is 0 Å². The van der Waals surface area contributed by atoms with Crippen LogP contribution in [0.1, 0.15) is 31.1 Å². The number of benzene rings is 2. The summed E-state index contributed by atoms with van der Waals surface area (Å²) in [5, 5.41) is 4.29. The Morgan fingerprint density at radius 2 is 1.82 bits per heavy atom. The van der Waals surface area contributed by atoms with Crippen LogP contribution in [0, 0.1) is 0 Å². The van der Waals surface area contributed by atoms with Gasteiger partial charge in [-0.2, -0.15) is 0 Å². The normalized spacial score (nSPS) is 11.1. The predicted octanol–water partition coefficient (Wildman–Crippen LogP) is 3.97. The predicted molar refractivity (Wildman–Crippen MR) is 85.1 cm³/mol. The van der Waals surface area contributed by atoms with Crippen molar-refractivity contribution in [3.63, 3.8) is 0 Å². The molecular formula is C17H19NO4. The summed E-state index contributed by atoms with van der Waals surface area (Å²) in [5.41, 5.74) is 0.451. The number of esters is 1. The number of fused-ring (bicyclic) bond motifs is 1. The Labute approximate surface area is 129 Å². The molecule has 0 unspecified atom stereocenters. The van der Waals surface area contributed by atoms with E-state index < -0.39 is 17.7 Å². The summed E-state index contributed by atoms with van der Waals surface area (Å²) in [7, 11) is 1.30. The number of nitrogens with one attached hydrogen (secondary N) is 1. The molecule has 0 aromatic heterocycles. The van der Waals surface area contributed by atoms with E-state index in [1.54, 1.807) is 18.2 Å². The van der Waals surface area contributed by atoms with E-state index in [2.05, 4.69) is 10.1 Å². The van der Waals surface area contributed by atoms with E-state index in [0.29, 0.717) is 11.3 Å². The van der Waals surface area contributed by atoms with Crippen LogP contribution in [-0.2, 0) is 9.47 Å². The van der Waals surface area contributed by atoms with Crippen LogP contribution in [0.5, 0.6) is 0 Å². The van der Waals surface area contributed by atoms with Crippen molar-refractivity contribution < 1.29 is 19.1 Å². The minimum atomic E-state index is -0.560. The minimum Gasteiger partial charge on any atom is -0.456 e. The first-order valence-corrected chi connectivity index (χ1v) is 6.91. The van der Waals surface area contributed by atoms with Crippen LogP contribution < -0.4 is 5.32 Å². The lowest BCUT2D eigenvalue weighted by Gasteiger charge is -2.19. The van der Waals surface area contributed by atoms with Gasteiger partial charge < -0.3 is 9.47 Å². The molecule has 0 spiro atoms. The van der Waals surface area contributed by atoms with Crippen LogP contribution in [0.2, 0.25) is 0 Å². The summed E-state index contributed by atoms with van der Waals surface area (Å²) in [6.45, 7) is 5.45. The molecule has 0 aliphatic rings. The highest BCUT2D eigenvalue weighted by molar-refractivity contribution is 6.03. The molecule has 0 aliphatic heterocycles. The molecule has 0 heterocycles. The molecule has 5 nitrogen and oxygen atoms in total. The van der Waals surface area contributed by atoms with Gasteiger partial charge >= 0.3 is 12.1 Å². The van der Waals surface area contributed by atoms with Gasteiger partial charge in [0.25, 0.3) is 0 Å². The lowest BCUT2D eigenvalue weighted by molar-refractivity contribution is 0.00697. The number of hydrogen-bond acceptors (Lipinski definition) is 4. The number of carbonyl (C=O) groups excluding carboxylic acids is 2. The lowest BCUT2D eigenvalue weighted by atomic mass is 10.0. The molecule has 2 aromatic rings. The summed E-state index contributed by atoms with van der Waals surface area (Å²) in [4.78, 5) is 23.6. The number of carbonyl (C=O) groups is 2. The Morgan fingerprint density at radius 3 is 2.45 bits per heavy atom. The smallest absolute Gasteiger partial charge is 0.411 e. The molecule has 0 fully saturated rings. The van der Waals surface area contributed by atoms with Gasteiger partial charge in [-0.15, -0.1) is 0 Å². The molecule has 1 N–H and O–H groups in total. The zero-order valence-electron chi connectivity index (χ0n) is 13.1. The van der Waals surface area contributed by atoms with E-state index in [4.69, 9.17) is 4.74 Å². The molecule has 2 aromatic carbocycles. The maximum atomic E-state index is 12.2. The monoisotopic (exact) mass is 301 g/mol. The lowest BCUT2D eigenvalue weighted by Crippen LogP contribution is -2.23. The van der Waals surface area contributed by atoms with E-state index in [1.807, 2.05) is 39.0 Å². The minimum absolute atomic E-state index is 0.401. The van der Waals surface area contributed by atoms with Crippen molar-refractivity contribution in [1.29, 1.82) is 0 Å². The average molecular weight is 301 g/mol. The number of anilines is 1. The van der Waals surface area contributed by atoms with E-state index in [1.165, 1.54) is 7.11 Å². The standard InChI is InChI=1S/C17H19NO4/c1-17(2,3)22-15(19)12-9-8-11-6-5-7-14(13(11)10-12)18-16(20)21-4/h5-10H,1-4H3,(H,18,20). The highest BCUT2D eigenvalue weighted by Gasteiger charge is 2.18. The summed E-state index contributed by atoms with van der Waals surface area (Å²) in [5.74, 6) is -0.401. The second-order valence-electron chi connectivity index (χ2n) is 5.86. The molecule has 0 saturated carbocycles.